The molecule has 0 radical (unpaired) electrons. The zero-order chi connectivity index (χ0) is 26.1. The number of hydrogen-bond donors (Lipinski definition) is 3. The van der Waals surface area contributed by atoms with Crippen molar-refractivity contribution in [3.63, 3.8) is 0 Å². The molecule has 1 aromatic heterocycles. The van der Waals surface area contributed by atoms with Crippen molar-refractivity contribution in [2.75, 3.05) is 19.0 Å². The topological polar surface area (TPSA) is 104 Å². The van der Waals surface area contributed by atoms with Crippen LogP contribution >= 0.6 is 11.8 Å². The van der Waals surface area contributed by atoms with Gasteiger partial charge in [0.2, 0.25) is 0 Å². The number of pyridine rings is 1. The van der Waals surface area contributed by atoms with Crippen molar-refractivity contribution in [1.82, 2.24) is 10.3 Å². The molecule has 0 fully saturated rings. The van der Waals surface area contributed by atoms with E-state index in [2.05, 4.69) is 20.4 Å². The molecule has 0 aliphatic heterocycles. The Morgan fingerprint density at radius 3 is 2.56 bits per heavy atom. The molecule has 11 heteroatoms. The summed E-state index contributed by atoms with van der Waals surface area (Å²) in [4.78, 5) is 29.6. The number of anilines is 1. The van der Waals surface area contributed by atoms with Gasteiger partial charge >= 0.3 is 12.3 Å². The number of allylic oxidation sites excluding steroid dienone is 1. The van der Waals surface area contributed by atoms with Gasteiger partial charge in [-0.2, -0.15) is 13.2 Å². The van der Waals surface area contributed by atoms with Gasteiger partial charge in [0.05, 0.1) is 22.7 Å². The second kappa shape index (κ2) is 12.0. The van der Waals surface area contributed by atoms with E-state index in [-0.39, 0.29) is 24.3 Å². The van der Waals surface area contributed by atoms with Gasteiger partial charge in [-0.15, -0.1) is 0 Å². The maximum absolute atomic E-state index is 12.5. The quantitative estimate of drug-likeness (QED) is 0.317. The van der Waals surface area contributed by atoms with Gasteiger partial charge in [0.1, 0.15) is 0 Å². The van der Waals surface area contributed by atoms with Crippen molar-refractivity contribution < 1.29 is 28.9 Å². The molecule has 36 heavy (non-hydrogen) atoms. The summed E-state index contributed by atoms with van der Waals surface area (Å²) in [5, 5.41) is 13.3. The van der Waals surface area contributed by atoms with E-state index in [1.165, 1.54) is 31.0 Å². The van der Waals surface area contributed by atoms with Crippen LogP contribution in [-0.2, 0) is 4.74 Å². The number of ether oxygens (including phenoxy) is 1. The lowest BCUT2D eigenvalue weighted by Crippen LogP contribution is -2.24. The molecule has 0 spiro atoms. The van der Waals surface area contributed by atoms with Gasteiger partial charge in [0, 0.05) is 30.0 Å². The molecule has 188 valence electrons. The highest BCUT2D eigenvalue weighted by Crippen LogP contribution is 2.33. The predicted octanol–water partition coefficient (Wildman–Crippen LogP) is 6.03. The predicted molar refractivity (Wildman–Crippen MR) is 134 cm³/mol. The molecule has 0 saturated heterocycles. The summed E-state index contributed by atoms with van der Waals surface area (Å²) in [7, 11) is 1.51. The average molecular weight is 517 g/mol. The van der Waals surface area contributed by atoms with E-state index in [1.807, 2.05) is 0 Å². The number of nitrogens with one attached hydrogen (secondary N) is 3. The number of halogens is 3. The Balaban J connectivity index is 0.00000481. The van der Waals surface area contributed by atoms with Crippen molar-refractivity contribution in [1.29, 1.82) is 5.41 Å². The minimum absolute atomic E-state index is 0. The Kier molecular flexibility index (Phi) is 8.85. The second-order valence-corrected chi connectivity index (χ2v) is 8.32. The lowest BCUT2D eigenvalue weighted by Gasteiger charge is -2.14. The van der Waals surface area contributed by atoms with E-state index in [1.54, 1.807) is 66.9 Å². The van der Waals surface area contributed by atoms with Gasteiger partial charge in [0.25, 0.3) is 5.91 Å². The number of amides is 2. The molecule has 0 aliphatic rings. The van der Waals surface area contributed by atoms with E-state index >= 15 is 0 Å². The van der Waals surface area contributed by atoms with Crippen LogP contribution in [0, 0.1) is 5.41 Å². The molecular weight excluding hydrogens is 493 g/mol. The number of carbonyl (C=O) groups excluding carboxylic acids is 2. The summed E-state index contributed by atoms with van der Waals surface area (Å²) >= 11 is 1.22. The number of aromatic nitrogens is 1. The highest BCUT2D eigenvalue weighted by atomic mass is 32.2. The molecule has 7 nitrogen and oxygen atoms in total. The molecule has 0 aliphatic carbocycles. The molecule has 3 rings (SSSR count). The first-order valence-corrected chi connectivity index (χ1v) is 11.3. The minimum Gasteiger partial charge on any atom is -0.440 e. The molecule has 0 bridgehead atoms. The molecule has 0 unspecified atom stereocenters. The third-order valence-corrected chi connectivity index (χ3v) is 5.65. The van der Waals surface area contributed by atoms with Crippen molar-refractivity contribution in [2.45, 2.75) is 16.0 Å². The van der Waals surface area contributed by atoms with Crippen molar-refractivity contribution in [3.8, 4) is 0 Å². The van der Waals surface area contributed by atoms with Gasteiger partial charge < -0.3 is 15.5 Å². The number of benzene rings is 2. The van der Waals surface area contributed by atoms with Crippen LogP contribution in [0.25, 0.3) is 6.08 Å². The van der Waals surface area contributed by atoms with E-state index in [0.29, 0.717) is 21.0 Å². The van der Waals surface area contributed by atoms with Crippen molar-refractivity contribution in [3.05, 3.63) is 89.8 Å². The highest BCUT2D eigenvalue weighted by Gasteiger charge is 2.29. The van der Waals surface area contributed by atoms with Crippen LogP contribution in [-0.4, -0.2) is 42.5 Å². The van der Waals surface area contributed by atoms with E-state index in [9.17, 15) is 22.8 Å². The molecular formula is C25H23F3N4O3S. The second-order valence-electron chi connectivity index (χ2n) is 7.20. The number of nitrogens with zero attached hydrogens (tertiary/aromatic N) is 1. The molecule has 2 amide bonds. The maximum atomic E-state index is 12.5. The van der Waals surface area contributed by atoms with E-state index in [0.717, 1.165) is 0 Å². The summed E-state index contributed by atoms with van der Waals surface area (Å²) in [6.07, 6.45) is -1.36. The smallest absolute Gasteiger partial charge is 0.422 e. The summed E-state index contributed by atoms with van der Waals surface area (Å²) in [5.74, 6) is -0.287. The molecule has 2 aromatic carbocycles. The fourth-order valence-electron chi connectivity index (χ4n) is 2.96. The van der Waals surface area contributed by atoms with Gasteiger partial charge in [-0.1, -0.05) is 30.0 Å². The lowest BCUT2D eigenvalue weighted by atomic mass is 10.1. The molecule has 3 aromatic rings. The van der Waals surface area contributed by atoms with E-state index in [4.69, 9.17) is 5.41 Å². The van der Waals surface area contributed by atoms with E-state index < -0.39 is 18.9 Å². The monoisotopic (exact) mass is 516 g/mol. The van der Waals surface area contributed by atoms with Gasteiger partial charge in [-0.25, -0.2) is 4.79 Å². The average Bonchev–Trinajstić information content (AvgIpc) is 2.86. The zero-order valence-corrected chi connectivity index (χ0v) is 19.7. The summed E-state index contributed by atoms with van der Waals surface area (Å²) < 4.78 is 41.7. The Morgan fingerprint density at radius 1 is 1.11 bits per heavy atom. The zero-order valence-electron chi connectivity index (χ0n) is 18.9. The Labute approximate surface area is 210 Å². The molecule has 1 heterocycles. The lowest BCUT2D eigenvalue weighted by molar-refractivity contribution is -0.159. The van der Waals surface area contributed by atoms with Crippen molar-refractivity contribution in [2.24, 2.45) is 0 Å². The van der Waals surface area contributed by atoms with Crippen LogP contribution in [0.2, 0.25) is 0 Å². The van der Waals surface area contributed by atoms with Crippen LogP contribution in [0.5, 0.6) is 0 Å². The first-order valence-electron chi connectivity index (χ1n) is 10.5. The Bertz CT molecular complexity index is 1290. The summed E-state index contributed by atoms with van der Waals surface area (Å²) in [6.45, 7) is -1.75. The standard InChI is InChI=1S/C25H21F3N4O3S.H2/c1-30-23(33)19-7-2-3-8-22(19)36-17-10-11-18(20(29)12-9-16-6-4-5-13-31-16)21(14-17)32-24(34)35-15-25(26,27)28;/h2-14,29H,15H2,1H3,(H,30,33)(H,32,34);1H/b12-9+,29-20?;. The first kappa shape index (κ1) is 26.5. The SMILES string of the molecule is CNC(=O)c1ccccc1Sc1ccc(C(=N)/C=C/c2ccccn2)c(NC(=O)OCC(F)(F)F)c1.[HH]. The fraction of sp³-hybridized carbons (Fsp3) is 0.120. The number of rotatable bonds is 8. The Morgan fingerprint density at radius 2 is 1.86 bits per heavy atom. The van der Waals surface area contributed by atoms with Crippen LogP contribution in [0.15, 0.2) is 82.7 Å². The van der Waals surface area contributed by atoms with Crippen molar-refractivity contribution >= 4 is 41.2 Å². The van der Waals surface area contributed by atoms with Crippen LogP contribution in [0.1, 0.15) is 23.0 Å². The highest BCUT2D eigenvalue weighted by molar-refractivity contribution is 7.99. The third kappa shape index (κ3) is 7.70. The van der Waals surface area contributed by atoms with Crippen LogP contribution in [0.4, 0.5) is 23.7 Å². The maximum Gasteiger partial charge on any atom is 0.422 e. The van der Waals surface area contributed by atoms with Gasteiger partial charge in [-0.05, 0) is 54.6 Å². The normalized spacial score (nSPS) is 11.2. The van der Waals surface area contributed by atoms with Crippen LogP contribution < -0.4 is 10.6 Å². The summed E-state index contributed by atoms with van der Waals surface area (Å²) in [5.41, 5.74) is 1.32. The van der Waals surface area contributed by atoms with Crippen LogP contribution in [0.3, 0.4) is 0 Å². The van der Waals surface area contributed by atoms with Gasteiger partial charge in [0.15, 0.2) is 6.61 Å². The number of carbonyl (C=O) groups is 2. The molecule has 0 atom stereocenters. The first-order chi connectivity index (χ1) is 17.2. The number of alkyl halides is 3. The third-order valence-electron chi connectivity index (χ3n) is 4.58. The largest absolute Gasteiger partial charge is 0.440 e. The Hall–Kier alpha value is -4.12. The molecule has 3 N–H and O–H groups in total. The fourth-order valence-corrected chi connectivity index (χ4v) is 3.94. The number of hydrogen-bond acceptors (Lipinski definition) is 6. The van der Waals surface area contributed by atoms with Gasteiger partial charge in [-0.3, -0.25) is 15.1 Å². The summed E-state index contributed by atoms with van der Waals surface area (Å²) in [6, 6.07) is 16.9. The minimum atomic E-state index is -4.68. The molecule has 0 saturated carbocycles.